The quantitative estimate of drug-likeness (QED) is 0.0263. The topological polar surface area (TPSA) is 149 Å². The van der Waals surface area contributed by atoms with E-state index in [1.807, 2.05) is 0 Å². The van der Waals surface area contributed by atoms with E-state index >= 15 is 0 Å². The average Bonchev–Trinajstić information content (AvgIpc) is 3.22. The fourth-order valence-electron chi connectivity index (χ4n) is 8.10. The molecule has 1 fully saturated rings. The van der Waals surface area contributed by atoms with Gasteiger partial charge in [0.2, 0.25) is 5.91 Å². The maximum Gasteiger partial charge on any atom is 0.220 e. The molecular formula is C49H95NO8. The van der Waals surface area contributed by atoms with E-state index in [4.69, 9.17) is 9.47 Å². The number of rotatable bonds is 42. The van der Waals surface area contributed by atoms with Gasteiger partial charge in [-0.15, -0.1) is 0 Å². The van der Waals surface area contributed by atoms with Gasteiger partial charge in [-0.25, -0.2) is 0 Å². The largest absolute Gasteiger partial charge is 0.394 e. The number of ether oxygens (including phenoxy) is 2. The van der Waals surface area contributed by atoms with Crippen molar-refractivity contribution in [2.75, 3.05) is 13.2 Å². The van der Waals surface area contributed by atoms with E-state index in [0.29, 0.717) is 12.8 Å². The van der Waals surface area contributed by atoms with Crippen LogP contribution in [0.25, 0.3) is 0 Å². The molecule has 9 nitrogen and oxygen atoms in total. The lowest BCUT2D eigenvalue weighted by Crippen LogP contribution is -2.60. The van der Waals surface area contributed by atoms with Crippen molar-refractivity contribution in [3.05, 3.63) is 12.2 Å². The van der Waals surface area contributed by atoms with E-state index in [1.165, 1.54) is 167 Å². The van der Waals surface area contributed by atoms with Gasteiger partial charge in [-0.1, -0.05) is 206 Å². The molecule has 344 valence electrons. The third-order valence-corrected chi connectivity index (χ3v) is 12.1. The van der Waals surface area contributed by atoms with Crippen LogP contribution in [0.4, 0.5) is 0 Å². The number of aliphatic hydroxyl groups excluding tert-OH is 5. The molecule has 9 heteroatoms. The monoisotopic (exact) mass is 826 g/mol. The molecule has 0 spiro atoms. The summed E-state index contributed by atoms with van der Waals surface area (Å²) in [7, 11) is 0. The van der Waals surface area contributed by atoms with Crippen LogP contribution in [0, 0.1) is 0 Å². The van der Waals surface area contributed by atoms with Gasteiger partial charge in [-0.05, 0) is 38.5 Å². The van der Waals surface area contributed by atoms with Gasteiger partial charge in [-0.3, -0.25) is 4.79 Å². The molecule has 0 aromatic heterocycles. The van der Waals surface area contributed by atoms with Crippen LogP contribution < -0.4 is 5.32 Å². The normalized spacial score (nSPS) is 20.8. The molecule has 0 aromatic carbocycles. The van der Waals surface area contributed by atoms with Gasteiger partial charge in [0.25, 0.3) is 0 Å². The molecule has 6 N–H and O–H groups in total. The molecule has 7 atom stereocenters. The summed E-state index contributed by atoms with van der Waals surface area (Å²) in [6.45, 7) is 3.83. The molecule has 1 heterocycles. The van der Waals surface area contributed by atoms with Crippen LogP contribution >= 0.6 is 0 Å². The molecule has 0 radical (unpaired) electrons. The summed E-state index contributed by atoms with van der Waals surface area (Å²) in [4.78, 5) is 13.0. The van der Waals surface area contributed by atoms with E-state index in [9.17, 15) is 30.3 Å². The van der Waals surface area contributed by atoms with Crippen molar-refractivity contribution in [1.82, 2.24) is 5.32 Å². The highest BCUT2D eigenvalue weighted by Crippen LogP contribution is 2.23. The fourth-order valence-corrected chi connectivity index (χ4v) is 8.10. The number of unbranched alkanes of at least 4 members (excludes halogenated alkanes) is 30. The van der Waals surface area contributed by atoms with Gasteiger partial charge in [0, 0.05) is 6.42 Å². The summed E-state index contributed by atoms with van der Waals surface area (Å²) in [6.07, 6.45) is 39.4. The third-order valence-electron chi connectivity index (χ3n) is 12.1. The van der Waals surface area contributed by atoms with E-state index in [1.54, 1.807) is 0 Å². The van der Waals surface area contributed by atoms with E-state index in [0.717, 1.165) is 44.9 Å². The fraction of sp³-hybridized carbons (Fsp3) is 0.939. The highest BCUT2D eigenvalue weighted by molar-refractivity contribution is 5.76. The molecule has 1 aliphatic heterocycles. The Morgan fingerprint density at radius 3 is 1.40 bits per heavy atom. The van der Waals surface area contributed by atoms with E-state index < -0.39 is 49.5 Å². The number of hydrogen-bond acceptors (Lipinski definition) is 8. The summed E-state index contributed by atoms with van der Waals surface area (Å²) in [5, 5.41) is 54.4. The Kier molecular flexibility index (Phi) is 37.9. The molecule has 1 rings (SSSR count). The van der Waals surface area contributed by atoms with Gasteiger partial charge in [0.1, 0.15) is 24.4 Å². The van der Waals surface area contributed by atoms with Crippen molar-refractivity contribution < 1.29 is 39.8 Å². The molecule has 2 unspecified atom stereocenters. The van der Waals surface area contributed by atoms with Crippen molar-refractivity contribution in [1.29, 1.82) is 0 Å². The number of aliphatic hydroxyl groups is 5. The molecule has 1 aliphatic rings. The molecule has 1 amide bonds. The minimum Gasteiger partial charge on any atom is -0.394 e. The summed E-state index contributed by atoms with van der Waals surface area (Å²) < 4.78 is 11.3. The number of carbonyl (C=O) groups is 1. The molecule has 0 saturated carbocycles. The molecule has 58 heavy (non-hydrogen) atoms. The second-order valence-electron chi connectivity index (χ2n) is 17.6. The first kappa shape index (κ1) is 54.9. The second kappa shape index (κ2) is 40.0. The van der Waals surface area contributed by atoms with Crippen LogP contribution in [0.15, 0.2) is 12.2 Å². The Morgan fingerprint density at radius 1 is 0.569 bits per heavy atom. The van der Waals surface area contributed by atoms with Gasteiger partial charge >= 0.3 is 0 Å². The lowest BCUT2D eigenvalue weighted by molar-refractivity contribution is -0.302. The smallest absolute Gasteiger partial charge is 0.220 e. The average molecular weight is 826 g/mol. The highest BCUT2D eigenvalue weighted by Gasteiger charge is 2.44. The van der Waals surface area contributed by atoms with Crippen molar-refractivity contribution in [3.63, 3.8) is 0 Å². The summed E-state index contributed by atoms with van der Waals surface area (Å²) in [6, 6.07) is -0.729. The van der Waals surface area contributed by atoms with E-state index in [-0.39, 0.29) is 12.5 Å². The maximum atomic E-state index is 13.0. The van der Waals surface area contributed by atoms with Crippen molar-refractivity contribution >= 4 is 5.91 Å². The zero-order valence-corrected chi connectivity index (χ0v) is 37.8. The number of nitrogens with one attached hydrogen (secondary N) is 1. The number of hydrogen-bond donors (Lipinski definition) is 6. The summed E-state index contributed by atoms with van der Waals surface area (Å²) in [5.41, 5.74) is 0. The number of carbonyl (C=O) groups excluding carboxylic acids is 1. The van der Waals surface area contributed by atoms with Crippen molar-refractivity contribution in [2.24, 2.45) is 0 Å². The predicted octanol–water partition coefficient (Wildman–Crippen LogP) is 10.9. The van der Waals surface area contributed by atoms with Crippen LogP contribution in [0.5, 0.6) is 0 Å². The Morgan fingerprint density at radius 2 is 0.966 bits per heavy atom. The van der Waals surface area contributed by atoms with Gasteiger partial charge in [0.05, 0.1) is 25.4 Å². The van der Waals surface area contributed by atoms with Crippen molar-refractivity contribution in [3.8, 4) is 0 Å². The molecule has 1 saturated heterocycles. The molecule has 0 bridgehead atoms. The van der Waals surface area contributed by atoms with Gasteiger partial charge < -0.3 is 40.3 Å². The molecule has 0 aliphatic carbocycles. The molecular weight excluding hydrogens is 731 g/mol. The van der Waals surface area contributed by atoms with Crippen LogP contribution in [0.3, 0.4) is 0 Å². The minimum absolute atomic E-state index is 0.146. The van der Waals surface area contributed by atoms with Gasteiger partial charge in [-0.2, -0.15) is 0 Å². The Balaban J connectivity index is 2.25. The summed E-state index contributed by atoms with van der Waals surface area (Å²) in [5.74, 6) is -0.150. The third kappa shape index (κ3) is 30.0. The number of amides is 1. The van der Waals surface area contributed by atoms with Crippen molar-refractivity contribution in [2.45, 2.75) is 281 Å². The lowest BCUT2D eigenvalue weighted by Gasteiger charge is -2.40. The second-order valence-corrected chi connectivity index (χ2v) is 17.6. The lowest BCUT2D eigenvalue weighted by atomic mass is 9.99. The first-order valence-electron chi connectivity index (χ1n) is 24.9. The predicted molar refractivity (Wildman–Crippen MR) is 240 cm³/mol. The first-order chi connectivity index (χ1) is 28.3. The number of allylic oxidation sites excluding steroid dienone is 2. The Labute approximate surface area is 356 Å². The van der Waals surface area contributed by atoms with Crippen LogP contribution in [0.2, 0.25) is 0 Å². The first-order valence-corrected chi connectivity index (χ1v) is 24.9. The van der Waals surface area contributed by atoms with Crippen LogP contribution in [0.1, 0.15) is 239 Å². The Hall–Kier alpha value is -1.07. The molecule has 0 aromatic rings. The maximum absolute atomic E-state index is 13.0. The summed E-state index contributed by atoms with van der Waals surface area (Å²) >= 11 is 0. The van der Waals surface area contributed by atoms with Crippen LogP contribution in [-0.4, -0.2) is 87.5 Å². The highest BCUT2D eigenvalue weighted by atomic mass is 16.7. The zero-order valence-electron chi connectivity index (χ0n) is 37.8. The van der Waals surface area contributed by atoms with Crippen LogP contribution in [-0.2, 0) is 14.3 Å². The zero-order chi connectivity index (χ0) is 42.3. The van der Waals surface area contributed by atoms with E-state index in [2.05, 4.69) is 31.3 Å². The SMILES string of the molecule is CCCCCCCCC/C=C/CCCC[C@@H](O)[C@H](CO[C@H]1O[C@@H](CO)[C@H](O)C(O)C1O)NC(=O)CCCCCCCCCCCCCCCCCCCCCCCC. The Bertz CT molecular complexity index is 919. The minimum atomic E-state index is -1.55. The van der Waals surface area contributed by atoms with Gasteiger partial charge in [0.15, 0.2) is 6.29 Å². The standard InChI is InChI=1S/C49H95NO8/c1-3-5-7-9-11-13-15-17-18-19-20-21-22-23-24-25-27-29-31-33-35-37-39-45(53)50-42(41-57-49-48(56)47(55)46(54)44(40-51)58-49)43(52)38-36-34-32-30-28-26-16-14-12-10-8-6-4-2/h28,30,42-44,46-49,51-52,54-56H,3-27,29,31-41H2,1-2H3,(H,50,53)/b30-28+/t42-,43+,44-,46-,47?,48?,49-/m0/s1.